The lowest BCUT2D eigenvalue weighted by atomic mass is 10.1. The molecule has 1 aromatic carbocycles. The molecule has 20 heavy (non-hydrogen) atoms. The van der Waals surface area contributed by atoms with Crippen LogP contribution in [0.4, 0.5) is 0 Å². The molecule has 1 saturated heterocycles. The number of benzene rings is 1. The number of halogens is 1. The van der Waals surface area contributed by atoms with E-state index in [1.807, 2.05) is 31.2 Å². The lowest BCUT2D eigenvalue weighted by Crippen LogP contribution is -2.51. The number of nitrogens with one attached hydrogen (secondary N) is 2. The zero-order valence-electron chi connectivity index (χ0n) is 11.5. The normalized spacial score (nSPS) is 18.9. The van der Waals surface area contributed by atoms with Gasteiger partial charge < -0.3 is 5.32 Å². The van der Waals surface area contributed by atoms with E-state index in [1.54, 1.807) is 0 Å². The molecule has 0 radical (unpaired) electrons. The van der Waals surface area contributed by atoms with Crippen molar-refractivity contribution >= 4 is 26.1 Å². The molecule has 1 fully saturated rings. The van der Waals surface area contributed by atoms with Crippen LogP contribution in [0.2, 0.25) is 0 Å². The Hall–Kier alpha value is -0.470. The van der Waals surface area contributed by atoms with E-state index in [1.165, 1.54) is 4.31 Å². The second kappa shape index (κ2) is 7.00. The van der Waals surface area contributed by atoms with Gasteiger partial charge in [0.15, 0.2) is 0 Å². The molecule has 0 amide bonds. The Morgan fingerprint density at radius 2 is 1.90 bits per heavy atom. The van der Waals surface area contributed by atoms with Crippen molar-refractivity contribution in [2.45, 2.75) is 19.4 Å². The zero-order valence-corrected chi connectivity index (χ0v) is 13.9. The average Bonchev–Trinajstić information content (AvgIpc) is 2.47. The van der Waals surface area contributed by atoms with Gasteiger partial charge in [0.25, 0.3) is 10.2 Å². The molecular formula is C13H20BrN3O2S. The molecule has 0 spiro atoms. The van der Waals surface area contributed by atoms with Crippen molar-refractivity contribution in [3.05, 3.63) is 34.3 Å². The maximum absolute atomic E-state index is 12.4. The summed E-state index contributed by atoms with van der Waals surface area (Å²) in [5, 5.41) is 3.15. The summed E-state index contributed by atoms with van der Waals surface area (Å²) < 4.78 is 30.0. The third kappa shape index (κ3) is 4.02. The topological polar surface area (TPSA) is 61.4 Å². The summed E-state index contributed by atoms with van der Waals surface area (Å²) in [6.07, 6.45) is 0.715. The summed E-state index contributed by atoms with van der Waals surface area (Å²) in [6, 6.07) is 7.55. The molecule has 0 aromatic heterocycles. The highest BCUT2D eigenvalue weighted by atomic mass is 79.9. The quantitative estimate of drug-likeness (QED) is 0.837. The molecule has 7 heteroatoms. The van der Waals surface area contributed by atoms with Crippen molar-refractivity contribution in [2.75, 3.05) is 26.2 Å². The van der Waals surface area contributed by atoms with Gasteiger partial charge in [-0.15, -0.1) is 0 Å². The first-order valence-corrected chi connectivity index (χ1v) is 9.00. The summed E-state index contributed by atoms with van der Waals surface area (Å²) in [6.45, 7) is 4.43. The Morgan fingerprint density at radius 1 is 1.30 bits per heavy atom. The largest absolute Gasteiger partial charge is 0.314 e. The summed E-state index contributed by atoms with van der Waals surface area (Å²) in [7, 11) is -3.42. The smallest absolute Gasteiger partial charge is 0.280 e. The fourth-order valence-corrected chi connectivity index (χ4v) is 3.96. The third-order valence-electron chi connectivity index (χ3n) is 3.39. The molecule has 1 aliphatic heterocycles. The standard InChI is InChI=1S/C13H20BrN3O2S/c1-2-13(11-3-5-12(14)6-4-11)16-20(18,19)17-9-7-15-8-10-17/h3-6,13,15-16H,2,7-10H2,1H3. The summed E-state index contributed by atoms with van der Waals surface area (Å²) in [5.74, 6) is 0. The van der Waals surface area contributed by atoms with Gasteiger partial charge in [0.1, 0.15) is 0 Å². The second-order valence-corrected chi connectivity index (χ2v) is 7.40. The molecule has 1 heterocycles. The number of hydrogen-bond donors (Lipinski definition) is 2. The molecule has 0 bridgehead atoms. The number of piperazine rings is 1. The van der Waals surface area contributed by atoms with Gasteiger partial charge in [-0.05, 0) is 24.1 Å². The Kier molecular flexibility index (Phi) is 5.57. The predicted octanol–water partition coefficient (Wildman–Crippen LogP) is 1.64. The molecule has 1 aromatic rings. The van der Waals surface area contributed by atoms with Crippen LogP contribution in [0.25, 0.3) is 0 Å². The van der Waals surface area contributed by atoms with Gasteiger partial charge in [0, 0.05) is 36.7 Å². The molecule has 112 valence electrons. The Labute approximate surface area is 129 Å². The van der Waals surface area contributed by atoms with E-state index >= 15 is 0 Å². The van der Waals surface area contributed by atoms with E-state index < -0.39 is 10.2 Å². The van der Waals surface area contributed by atoms with Crippen molar-refractivity contribution in [2.24, 2.45) is 0 Å². The molecule has 0 aliphatic carbocycles. The molecule has 0 saturated carbocycles. The minimum Gasteiger partial charge on any atom is -0.314 e. The SMILES string of the molecule is CCC(NS(=O)(=O)N1CCNCC1)c1ccc(Br)cc1. The maximum Gasteiger partial charge on any atom is 0.280 e. The van der Waals surface area contributed by atoms with Crippen LogP contribution in [-0.4, -0.2) is 38.9 Å². The van der Waals surface area contributed by atoms with E-state index in [0.717, 1.165) is 10.0 Å². The highest BCUT2D eigenvalue weighted by Gasteiger charge is 2.26. The zero-order chi connectivity index (χ0) is 14.6. The van der Waals surface area contributed by atoms with Gasteiger partial charge in [0.05, 0.1) is 0 Å². The van der Waals surface area contributed by atoms with Gasteiger partial charge in [-0.1, -0.05) is 35.0 Å². The minimum atomic E-state index is -3.42. The molecule has 2 rings (SSSR count). The first-order chi connectivity index (χ1) is 9.53. The number of hydrogen-bond acceptors (Lipinski definition) is 3. The monoisotopic (exact) mass is 361 g/mol. The summed E-state index contributed by atoms with van der Waals surface area (Å²) in [5.41, 5.74) is 0.981. The van der Waals surface area contributed by atoms with E-state index in [2.05, 4.69) is 26.0 Å². The van der Waals surface area contributed by atoms with Crippen LogP contribution in [-0.2, 0) is 10.2 Å². The Bertz CT molecular complexity index is 527. The van der Waals surface area contributed by atoms with Gasteiger partial charge in [-0.25, -0.2) is 0 Å². The predicted molar refractivity (Wildman–Crippen MR) is 83.7 cm³/mol. The van der Waals surface area contributed by atoms with Crippen molar-refractivity contribution in [3.8, 4) is 0 Å². The van der Waals surface area contributed by atoms with Crippen molar-refractivity contribution in [1.29, 1.82) is 0 Å². The van der Waals surface area contributed by atoms with Crippen LogP contribution in [0, 0.1) is 0 Å². The van der Waals surface area contributed by atoms with Gasteiger partial charge in [-0.2, -0.15) is 17.4 Å². The number of nitrogens with zero attached hydrogens (tertiary/aromatic N) is 1. The highest BCUT2D eigenvalue weighted by Crippen LogP contribution is 2.21. The number of rotatable bonds is 5. The fraction of sp³-hybridized carbons (Fsp3) is 0.538. The van der Waals surface area contributed by atoms with Crippen molar-refractivity contribution in [1.82, 2.24) is 14.3 Å². The molecule has 5 nitrogen and oxygen atoms in total. The van der Waals surface area contributed by atoms with E-state index in [4.69, 9.17) is 0 Å². The van der Waals surface area contributed by atoms with E-state index in [0.29, 0.717) is 32.6 Å². The Balaban J connectivity index is 2.10. The summed E-state index contributed by atoms with van der Waals surface area (Å²) in [4.78, 5) is 0. The van der Waals surface area contributed by atoms with Crippen molar-refractivity contribution in [3.63, 3.8) is 0 Å². The molecular weight excluding hydrogens is 342 g/mol. The molecule has 1 aliphatic rings. The van der Waals surface area contributed by atoms with Crippen LogP contribution >= 0.6 is 15.9 Å². The molecule has 1 unspecified atom stereocenters. The second-order valence-electron chi connectivity index (χ2n) is 4.78. The lowest BCUT2D eigenvalue weighted by molar-refractivity contribution is 0.350. The van der Waals surface area contributed by atoms with Gasteiger partial charge in [-0.3, -0.25) is 0 Å². The Morgan fingerprint density at radius 3 is 2.45 bits per heavy atom. The van der Waals surface area contributed by atoms with Crippen molar-refractivity contribution < 1.29 is 8.42 Å². The maximum atomic E-state index is 12.4. The molecule has 1 atom stereocenters. The van der Waals surface area contributed by atoms with Crippen LogP contribution in [0.5, 0.6) is 0 Å². The lowest BCUT2D eigenvalue weighted by Gasteiger charge is -2.29. The van der Waals surface area contributed by atoms with Crippen LogP contribution in [0.15, 0.2) is 28.7 Å². The average molecular weight is 362 g/mol. The molecule has 2 N–H and O–H groups in total. The fourth-order valence-electron chi connectivity index (χ4n) is 2.22. The van der Waals surface area contributed by atoms with Gasteiger partial charge >= 0.3 is 0 Å². The summed E-state index contributed by atoms with van der Waals surface area (Å²) >= 11 is 3.39. The first kappa shape index (κ1) is 15.9. The van der Waals surface area contributed by atoms with Crippen LogP contribution in [0.1, 0.15) is 24.9 Å². The minimum absolute atomic E-state index is 0.192. The first-order valence-electron chi connectivity index (χ1n) is 6.76. The highest BCUT2D eigenvalue weighted by molar-refractivity contribution is 9.10. The third-order valence-corrected chi connectivity index (χ3v) is 5.54. The van der Waals surface area contributed by atoms with Crippen LogP contribution < -0.4 is 10.0 Å². The van der Waals surface area contributed by atoms with Crippen LogP contribution in [0.3, 0.4) is 0 Å². The van der Waals surface area contributed by atoms with E-state index in [9.17, 15) is 8.42 Å². The van der Waals surface area contributed by atoms with E-state index in [-0.39, 0.29) is 6.04 Å². The van der Waals surface area contributed by atoms with Gasteiger partial charge in [0.2, 0.25) is 0 Å².